The molecule has 1 aromatic rings. The lowest BCUT2D eigenvalue weighted by Gasteiger charge is -2.07. The third kappa shape index (κ3) is 1.65. The van der Waals surface area contributed by atoms with E-state index in [2.05, 4.69) is 4.98 Å². The van der Waals surface area contributed by atoms with Crippen molar-refractivity contribution in [1.29, 1.82) is 0 Å². The topological polar surface area (TPSA) is 48.1 Å². The molecule has 70 valence electrons. The maximum Gasteiger partial charge on any atom is 0.125 e. The third-order valence-corrected chi connectivity index (χ3v) is 2.23. The molecule has 2 heterocycles. The van der Waals surface area contributed by atoms with Gasteiger partial charge >= 0.3 is 0 Å². The Kier molecular flexibility index (Phi) is 2.19. The van der Waals surface area contributed by atoms with Gasteiger partial charge in [0, 0.05) is 36.3 Å². The highest BCUT2D eigenvalue weighted by Crippen LogP contribution is 2.26. The van der Waals surface area contributed by atoms with E-state index in [0.29, 0.717) is 0 Å². The van der Waals surface area contributed by atoms with Crippen LogP contribution in [0.25, 0.3) is 0 Å². The molecule has 2 N–H and O–H groups in total. The second-order valence-corrected chi connectivity index (χ2v) is 3.51. The van der Waals surface area contributed by atoms with Gasteiger partial charge in [-0.2, -0.15) is 0 Å². The number of ether oxygens (including phenoxy) is 1. The van der Waals surface area contributed by atoms with E-state index in [1.54, 1.807) is 6.20 Å². The number of rotatable bonds is 2. The summed E-state index contributed by atoms with van der Waals surface area (Å²) in [6, 6.07) is 2.09. The maximum atomic E-state index is 5.74. The van der Waals surface area contributed by atoms with E-state index in [9.17, 15) is 0 Å². The molecule has 0 aliphatic carbocycles. The maximum absolute atomic E-state index is 5.74. The van der Waals surface area contributed by atoms with Crippen LogP contribution < -0.4 is 10.5 Å². The van der Waals surface area contributed by atoms with Crippen molar-refractivity contribution >= 4 is 0 Å². The molecule has 0 bridgehead atoms. The van der Waals surface area contributed by atoms with E-state index in [1.807, 2.05) is 13.0 Å². The second-order valence-electron chi connectivity index (χ2n) is 3.51. The van der Waals surface area contributed by atoms with Gasteiger partial charge < -0.3 is 10.5 Å². The normalized spacial score (nSPS) is 16.5. The first-order chi connectivity index (χ1) is 6.27. The highest BCUT2D eigenvalue weighted by molar-refractivity contribution is 5.39. The standard InChI is InChI=1S/C10H14N2O/c1-7(11)6-9-8-3-5-13-10(8)2-4-12-9/h2,4,7H,3,5-6,11H2,1H3. The Bertz CT molecular complexity index is 310. The zero-order valence-electron chi connectivity index (χ0n) is 7.79. The molecule has 0 saturated heterocycles. The van der Waals surface area contributed by atoms with E-state index < -0.39 is 0 Å². The van der Waals surface area contributed by atoms with Crippen molar-refractivity contribution in [3.63, 3.8) is 0 Å². The van der Waals surface area contributed by atoms with E-state index in [4.69, 9.17) is 10.5 Å². The monoisotopic (exact) mass is 178 g/mol. The summed E-state index contributed by atoms with van der Waals surface area (Å²) < 4.78 is 5.44. The summed E-state index contributed by atoms with van der Waals surface area (Å²) in [6.07, 6.45) is 3.61. The van der Waals surface area contributed by atoms with Crippen molar-refractivity contribution in [1.82, 2.24) is 4.98 Å². The number of nitrogens with two attached hydrogens (primary N) is 1. The summed E-state index contributed by atoms with van der Waals surface area (Å²) in [6.45, 7) is 2.78. The smallest absolute Gasteiger partial charge is 0.125 e. The summed E-state index contributed by atoms with van der Waals surface area (Å²) in [5, 5.41) is 0. The number of aromatic nitrogens is 1. The van der Waals surface area contributed by atoms with Crippen molar-refractivity contribution in [2.45, 2.75) is 25.8 Å². The zero-order chi connectivity index (χ0) is 9.26. The minimum atomic E-state index is 0.166. The summed E-state index contributed by atoms with van der Waals surface area (Å²) >= 11 is 0. The van der Waals surface area contributed by atoms with Crippen LogP contribution in [0.5, 0.6) is 5.75 Å². The number of pyridine rings is 1. The first-order valence-electron chi connectivity index (χ1n) is 4.62. The number of hydrogen-bond donors (Lipinski definition) is 1. The first kappa shape index (κ1) is 8.51. The molecule has 1 aliphatic heterocycles. The van der Waals surface area contributed by atoms with Crippen molar-refractivity contribution in [2.24, 2.45) is 5.73 Å². The molecule has 0 amide bonds. The van der Waals surface area contributed by atoms with Crippen LogP contribution in [0.4, 0.5) is 0 Å². The van der Waals surface area contributed by atoms with Crippen LogP contribution >= 0.6 is 0 Å². The van der Waals surface area contributed by atoms with Crippen molar-refractivity contribution in [3.8, 4) is 5.75 Å². The molecule has 3 nitrogen and oxygen atoms in total. The van der Waals surface area contributed by atoms with Crippen molar-refractivity contribution < 1.29 is 4.74 Å². The van der Waals surface area contributed by atoms with Gasteiger partial charge in [-0.05, 0) is 13.0 Å². The van der Waals surface area contributed by atoms with Crippen LogP contribution in [-0.4, -0.2) is 17.6 Å². The van der Waals surface area contributed by atoms with E-state index >= 15 is 0 Å². The fraction of sp³-hybridized carbons (Fsp3) is 0.500. The Morgan fingerprint density at radius 3 is 3.31 bits per heavy atom. The average molecular weight is 178 g/mol. The first-order valence-corrected chi connectivity index (χ1v) is 4.62. The average Bonchev–Trinajstić information content (AvgIpc) is 2.51. The van der Waals surface area contributed by atoms with Gasteiger partial charge in [0.1, 0.15) is 5.75 Å². The molecular weight excluding hydrogens is 164 g/mol. The lowest BCUT2D eigenvalue weighted by atomic mass is 10.1. The lowest BCUT2D eigenvalue weighted by Crippen LogP contribution is -2.19. The predicted molar refractivity (Wildman–Crippen MR) is 50.8 cm³/mol. The molecule has 0 fully saturated rings. The third-order valence-electron chi connectivity index (χ3n) is 2.23. The van der Waals surface area contributed by atoms with Gasteiger partial charge in [0.05, 0.1) is 6.61 Å². The number of fused-ring (bicyclic) bond motifs is 1. The van der Waals surface area contributed by atoms with Crippen LogP contribution in [0.1, 0.15) is 18.2 Å². The molecule has 1 aliphatic rings. The molecule has 1 aromatic heterocycles. The Hall–Kier alpha value is -1.09. The Balaban J connectivity index is 2.30. The zero-order valence-corrected chi connectivity index (χ0v) is 7.79. The van der Waals surface area contributed by atoms with E-state index in [-0.39, 0.29) is 6.04 Å². The summed E-state index contributed by atoms with van der Waals surface area (Å²) in [5.74, 6) is 0.991. The van der Waals surface area contributed by atoms with Gasteiger partial charge in [-0.15, -0.1) is 0 Å². The fourth-order valence-corrected chi connectivity index (χ4v) is 1.66. The van der Waals surface area contributed by atoms with Crippen LogP contribution in [0.2, 0.25) is 0 Å². The minimum Gasteiger partial charge on any atom is -0.493 e. The Morgan fingerprint density at radius 1 is 1.69 bits per heavy atom. The van der Waals surface area contributed by atoms with E-state index in [0.717, 1.165) is 30.9 Å². The van der Waals surface area contributed by atoms with Gasteiger partial charge in [-0.25, -0.2) is 0 Å². The van der Waals surface area contributed by atoms with Gasteiger partial charge in [-0.1, -0.05) is 0 Å². The minimum absolute atomic E-state index is 0.166. The SMILES string of the molecule is CC(N)Cc1nccc2c1CCO2. The largest absolute Gasteiger partial charge is 0.493 e. The van der Waals surface area contributed by atoms with Gasteiger partial charge in [0.15, 0.2) is 0 Å². The second kappa shape index (κ2) is 3.34. The molecule has 0 spiro atoms. The molecule has 0 radical (unpaired) electrons. The highest BCUT2D eigenvalue weighted by atomic mass is 16.5. The highest BCUT2D eigenvalue weighted by Gasteiger charge is 2.16. The van der Waals surface area contributed by atoms with Gasteiger partial charge in [0.25, 0.3) is 0 Å². The van der Waals surface area contributed by atoms with Crippen LogP contribution in [0.15, 0.2) is 12.3 Å². The van der Waals surface area contributed by atoms with E-state index in [1.165, 1.54) is 5.56 Å². The van der Waals surface area contributed by atoms with Crippen LogP contribution in [0.3, 0.4) is 0 Å². The van der Waals surface area contributed by atoms with Crippen molar-refractivity contribution in [3.05, 3.63) is 23.5 Å². The molecule has 1 unspecified atom stereocenters. The molecule has 0 saturated carbocycles. The van der Waals surface area contributed by atoms with Gasteiger partial charge in [-0.3, -0.25) is 4.98 Å². The van der Waals surface area contributed by atoms with Crippen molar-refractivity contribution in [2.75, 3.05) is 6.61 Å². The van der Waals surface area contributed by atoms with Crippen LogP contribution in [-0.2, 0) is 12.8 Å². The van der Waals surface area contributed by atoms with Gasteiger partial charge in [0.2, 0.25) is 0 Å². The lowest BCUT2D eigenvalue weighted by molar-refractivity contribution is 0.356. The summed E-state index contributed by atoms with van der Waals surface area (Å²) in [4.78, 5) is 4.33. The molecule has 3 heteroatoms. The Morgan fingerprint density at radius 2 is 2.54 bits per heavy atom. The summed E-state index contributed by atoms with van der Waals surface area (Å²) in [7, 11) is 0. The molecule has 2 rings (SSSR count). The fourth-order valence-electron chi connectivity index (χ4n) is 1.66. The quantitative estimate of drug-likeness (QED) is 0.732. The molecule has 1 atom stereocenters. The number of hydrogen-bond acceptors (Lipinski definition) is 3. The summed E-state index contributed by atoms with van der Waals surface area (Å²) in [5.41, 5.74) is 8.09. The Labute approximate surface area is 77.9 Å². The van der Waals surface area contributed by atoms with Crippen LogP contribution in [0, 0.1) is 0 Å². The predicted octanol–water partition coefficient (Wildman–Crippen LogP) is 0.906. The molecular formula is C10H14N2O. The number of nitrogens with zero attached hydrogens (tertiary/aromatic N) is 1. The molecule has 13 heavy (non-hydrogen) atoms. The molecule has 0 aromatic carbocycles.